The van der Waals surface area contributed by atoms with E-state index in [0.29, 0.717) is 6.04 Å². The summed E-state index contributed by atoms with van der Waals surface area (Å²) in [5.41, 5.74) is 9.15. The average molecular weight is 378 g/mol. The molecule has 0 amide bonds. The first-order valence-electron chi connectivity index (χ1n) is 9.70. The van der Waals surface area contributed by atoms with Gasteiger partial charge in [0.25, 0.3) is 0 Å². The van der Waals surface area contributed by atoms with Crippen LogP contribution in [0, 0.1) is 6.92 Å². The molecule has 1 aromatic carbocycles. The molecule has 0 saturated carbocycles. The molecule has 138 valence electrons. The van der Waals surface area contributed by atoms with Crippen LogP contribution in [0.25, 0.3) is 22.7 Å². The van der Waals surface area contributed by atoms with Crippen LogP contribution in [0.1, 0.15) is 41.6 Å². The van der Waals surface area contributed by atoms with Crippen molar-refractivity contribution in [2.75, 3.05) is 7.05 Å². The molecule has 0 spiro atoms. The summed E-state index contributed by atoms with van der Waals surface area (Å²) in [6.45, 7) is 5.35. The van der Waals surface area contributed by atoms with Crippen molar-refractivity contribution in [2.24, 2.45) is 0 Å². The lowest BCUT2D eigenvalue weighted by atomic mass is 10.00. The molecule has 0 saturated heterocycles. The zero-order chi connectivity index (χ0) is 18.7. The number of allylic oxidation sites excluding steroid dienone is 1. The van der Waals surface area contributed by atoms with Gasteiger partial charge in [-0.2, -0.15) is 0 Å². The highest BCUT2D eigenvalue weighted by Crippen LogP contribution is 2.37. The van der Waals surface area contributed by atoms with Gasteiger partial charge in [-0.25, -0.2) is 0 Å². The Hall–Kier alpha value is -2.10. The normalized spacial score (nSPS) is 21.0. The summed E-state index contributed by atoms with van der Waals surface area (Å²) < 4.78 is 2.43. The van der Waals surface area contributed by atoms with Crippen molar-refractivity contribution in [1.82, 2.24) is 14.5 Å². The van der Waals surface area contributed by atoms with Crippen LogP contribution in [0.4, 0.5) is 0 Å². The number of nitrogens with zero attached hydrogens (tertiary/aromatic N) is 3. The van der Waals surface area contributed by atoms with E-state index in [1.807, 2.05) is 6.07 Å². The van der Waals surface area contributed by atoms with Crippen LogP contribution in [0.15, 0.2) is 30.3 Å². The van der Waals surface area contributed by atoms with E-state index in [0.717, 1.165) is 36.5 Å². The van der Waals surface area contributed by atoms with Crippen LogP contribution in [0.3, 0.4) is 0 Å². The SMILES string of the molecule is Cc1ccc2c(n1)CC/C2=C\n1c2c(c3cc(Cl)ccc31)CN(C)C(C)C2. The van der Waals surface area contributed by atoms with Crippen LogP contribution in [0.5, 0.6) is 0 Å². The van der Waals surface area contributed by atoms with Crippen molar-refractivity contribution >= 4 is 34.3 Å². The first-order valence-corrected chi connectivity index (χ1v) is 10.1. The maximum Gasteiger partial charge on any atom is 0.0529 e. The standard InChI is InChI=1S/C23H24ClN3/c1-14-4-7-18-16(5-8-21(18)25-14)12-27-22-9-6-17(24)11-19(22)20-13-26(3)15(2)10-23(20)27/h4,6-7,9,11-12,15H,5,8,10,13H2,1-3H3/b16-12+. The Morgan fingerprint density at radius 3 is 2.89 bits per heavy atom. The maximum atomic E-state index is 6.34. The number of benzene rings is 1. The zero-order valence-electron chi connectivity index (χ0n) is 16.1. The third kappa shape index (κ3) is 2.72. The van der Waals surface area contributed by atoms with Crippen molar-refractivity contribution in [3.8, 4) is 0 Å². The van der Waals surface area contributed by atoms with Gasteiger partial charge in [-0.1, -0.05) is 17.7 Å². The molecule has 2 aromatic heterocycles. The number of aryl methyl sites for hydroxylation is 2. The monoisotopic (exact) mass is 377 g/mol. The lowest BCUT2D eigenvalue weighted by Crippen LogP contribution is -2.35. The van der Waals surface area contributed by atoms with E-state index in [-0.39, 0.29) is 0 Å². The number of pyridine rings is 1. The van der Waals surface area contributed by atoms with Gasteiger partial charge in [-0.3, -0.25) is 9.88 Å². The Morgan fingerprint density at radius 2 is 2.04 bits per heavy atom. The van der Waals surface area contributed by atoms with E-state index >= 15 is 0 Å². The number of hydrogen-bond donors (Lipinski definition) is 0. The molecule has 3 heterocycles. The summed E-state index contributed by atoms with van der Waals surface area (Å²) >= 11 is 6.34. The Bertz CT molecular complexity index is 1090. The fourth-order valence-corrected chi connectivity index (χ4v) is 4.74. The Labute approximate surface area is 165 Å². The molecule has 4 heteroatoms. The molecule has 0 radical (unpaired) electrons. The van der Waals surface area contributed by atoms with Gasteiger partial charge in [0.1, 0.15) is 0 Å². The predicted molar refractivity (Wildman–Crippen MR) is 113 cm³/mol. The molecular formula is C23H24ClN3. The van der Waals surface area contributed by atoms with Crippen LogP contribution in [-0.2, 0) is 19.4 Å². The second-order valence-corrected chi connectivity index (χ2v) is 8.46. The lowest BCUT2D eigenvalue weighted by molar-refractivity contribution is 0.230. The third-order valence-electron chi connectivity index (χ3n) is 6.21. The van der Waals surface area contributed by atoms with E-state index < -0.39 is 0 Å². The molecule has 1 aliphatic carbocycles. The summed E-state index contributed by atoms with van der Waals surface area (Å²) in [4.78, 5) is 7.17. The summed E-state index contributed by atoms with van der Waals surface area (Å²) in [6, 6.07) is 11.2. The van der Waals surface area contributed by atoms with Crippen molar-refractivity contribution in [3.05, 3.63) is 63.6 Å². The van der Waals surface area contributed by atoms with Gasteiger partial charge in [0, 0.05) is 58.3 Å². The van der Waals surface area contributed by atoms with Crippen molar-refractivity contribution < 1.29 is 0 Å². The number of hydrogen-bond acceptors (Lipinski definition) is 2. The van der Waals surface area contributed by atoms with Crippen LogP contribution in [0.2, 0.25) is 5.02 Å². The number of fused-ring (bicyclic) bond motifs is 4. The lowest BCUT2D eigenvalue weighted by Gasteiger charge is -2.30. The molecule has 3 nitrogen and oxygen atoms in total. The molecular weight excluding hydrogens is 354 g/mol. The van der Waals surface area contributed by atoms with Gasteiger partial charge in [0.05, 0.1) is 5.52 Å². The minimum atomic E-state index is 0.537. The van der Waals surface area contributed by atoms with Crippen molar-refractivity contribution in [2.45, 2.75) is 45.7 Å². The molecule has 1 aliphatic heterocycles. The molecule has 0 bridgehead atoms. The Kier molecular flexibility index (Phi) is 3.92. The molecule has 5 rings (SSSR count). The predicted octanol–water partition coefficient (Wildman–Crippen LogP) is 5.32. The number of halogens is 1. The first kappa shape index (κ1) is 17.0. The summed E-state index contributed by atoms with van der Waals surface area (Å²) in [5, 5.41) is 2.09. The molecule has 0 N–H and O–H groups in total. The first-order chi connectivity index (χ1) is 13.0. The maximum absolute atomic E-state index is 6.34. The molecule has 1 unspecified atom stereocenters. The van der Waals surface area contributed by atoms with Crippen LogP contribution >= 0.6 is 11.6 Å². The zero-order valence-corrected chi connectivity index (χ0v) is 16.8. The highest BCUT2D eigenvalue weighted by atomic mass is 35.5. The van der Waals surface area contributed by atoms with Gasteiger partial charge in [0.2, 0.25) is 0 Å². The van der Waals surface area contributed by atoms with E-state index in [4.69, 9.17) is 16.6 Å². The van der Waals surface area contributed by atoms with E-state index in [9.17, 15) is 0 Å². The average Bonchev–Trinajstić information content (AvgIpc) is 3.15. The van der Waals surface area contributed by atoms with Gasteiger partial charge in [-0.15, -0.1) is 0 Å². The molecule has 3 aromatic rings. The molecule has 2 aliphatic rings. The number of rotatable bonds is 1. The van der Waals surface area contributed by atoms with E-state index in [1.165, 1.54) is 39.0 Å². The van der Waals surface area contributed by atoms with E-state index in [2.05, 4.69) is 60.8 Å². The molecule has 0 fully saturated rings. The highest BCUT2D eigenvalue weighted by Gasteiger charge is 2.27. The number of aromatic nitrogens is 2. The molecule has 27 heavy (non-hydrogen) atoms. The Morgan fingerprint density at radius 1 is 1.19 bits per heavy atom. The van der Waals surface area contributed by atoms with Crippen LogP contribution in [-0.4, -0.2) is 27.5 Å². The summed E-state index contributed by atoms with van der Waals surface area (Å²) in [5.74, 6) is 0. The minimum Gasteiger partial charge on any atom is -0.320 e. The fraction of sp³-hybridized carbons (Fsp3) is 0.348. The largest absolute Gasteiger partial charge is 0.320 e. The summed E-state index contributed by atoms with van der Waals surface area (Å²) in [7, 11) is 2.21. The van der Waals surface area contributed by atoms with Gasteiger partial charge in [-0.05, 0) is 69.1 Å². The van der Waals surface area contributed by atoms with Crippen molar-refractivity contribution in [3.63, 3.8) is 0 Å². The third-order valence-corrected chi connectivity index (χ3v) is 6.44. The van der Waals surface area contributed by atoms with E-state index in [1.54, 1.807) is 0 Å². The molecule has 1 atom stereocenters. The second kappa shape index (κ2) is 6.22. The fourth-order valence-electron chi connectivity index (χ4n) is 4.56. The minimum absolute atomic E-state index is 0.537. The van der Waals surface area contributed by atoms with Crippen molar-refractivity contribution in [1.29, 1.82) is 0 Å². The highest BCUT2D eigenvalue weighted by molar-refractivity contribution is 6.31. The van der Waals surface area contributed by atoms with Gasteiger partial charge >= 0.3 is 0 Å². The van der Waals surface area contributed by atoms with Crippen LogP contribution < -0.4 is 0 Å². The second-order valence-electron chi connectivity index (χ2n) is 8.03. The Balaban J connectivity index is 1.72. The van der Waals surface area contributed by atoms with Gasteiger partial charge in [0.15, 0.2) is 0 Å². The summed E-state index contributed by atoms with van der Waals surface area (Å²) in [6.07, 6.45) is 5.51. The van der Waals surface area contributed by atoms with Gasteiger partial charge < -0.3 is 4.57 Å². The quantitative estimate of drug-likeness (QED) is 0.572. The number of likely N-dealkylation sites (N-methyl/N-ethyl adjacent to an activating group) is 1. The topological polar surface area (TPSA) is 21.1 Å². The smallest absolute Gasteiger partial charge is 0.0529 e.